The van der Waals surface area contributed by atoms with Gasteiger partial charge in [0, 0.05) is 19.7 Å². The monoisotopic (exact) mass is 522 g/mol. The van der Waals surface area contributed by atoms with Crippen molar-refractivity contribution in [2.45, 2.75) is 0 Å². The first-order valence-corrected chi connectivity index (χ1v) is 12.3. The largest absolute Gasteiger partial charge is 0.497 e. The average molecular weight is 523 g/mol. The molecular formula is C30H26N4O5. The van der Waals surface area contributed by atoms with Crippen molar-refractivity contribution in [3.8, 4) is 39.8 Å². The molecule has 0 radical (unpaired) electrons. The number of nitrogens with zero attached hydrogens (tertiary/aromatic N) is 4. The molecule has 9 heteroatoms. The lowest BCUT2D eigenvalue weighted by Gasteiger charge is -2.14. The van der Waals surface area contributed by atoms with Gasteiger partial charge in [-0.2, -0.15) is 0 Å². The number of hydrogen-bond acceptors (Lipinski definition) is 6. The molecule has 3 heterocycles. The van der Waals surface area contributed by atoms with E-state index in [1.54, 1.807) is 28.4 Å². The van der Waals surface area contributed by atoms with E-state index in [2.05, 4.69) is 0 Å². The Morgan fingerprint density at radius 1 is 0.718 bits per heavy atom. The molecule has 0 fully saturated rings. The maximum atomic E-state index is 13.8. The molecule has 3 aromatic heterocycles. The Hall–Kier alpha value is -5.05. The number of methoxy groups -OCH3 is 3. The third-order valence-corrected chi connectivity index (χ3v) is 7.17. The second kappa shape index (κ2) is 9.05. The predicted molar refractivity (Wildman–Crippen MR) is 151 cm³/mol. The molecule has 0 N–H and O–H groups in total. The number of para-hydroxylation sites is 2. The molecule has 0 saturated carbocycles. The third kappa shape index (κ3) is 3.50. The highest BCUT2D eigenvalue weighted by Gasteiger charge is 2.26. The van der Waals surface area contributed by atoms with Gasteiger partial charge in [-0.3, -0.25) is 13.9 Å². The van der Waals surface area contributed by atoms with Crippen molar-refractivity contribution in [1.82, 2.24) is 18.5 Å². The van der Waals surface area contributed by atoms with Crippen molar-refractivity contribution in [3.05, 3.63) is 87.6 Å². The van der Waals surface area contributed by atoms with Gasteiger partial charge >= 0.3 is 5.69 Å². The Kier molecular flexibility index (Phi) is 5.64. The number of aromatic nitrogens is 4. The third-order valence-electron chi connectivity index (χ3n) is 7.17. The van der Waals surface area contributed by atoms with Crippen LogP contribution in [0.1, 0.15) is 0 Å². The molecule has 0 aliphatic heterocycles. The van der Waals surface area contributed by atoms with Gasteiger partial charge < -0.3 is 18.6 Å². The topological polar surface area (TPSA) is 89.0 Å². The number of aryl methyl sites for hydroxylation is 1. The first kappa shape index (κ1) is 24.3. The second-order valence-corrected chi connectivity index (χ2v) is 9.21. The van der Waals surface area contributed by atoms with Crippen LogP contribution in [0.25, 0.3) is 50.0 Å². The van der Waals surface area contributed by atoms with Gasteiger partial charge in [0.2, 0.25) is 0 Å². The van der Waals surface area contributed by atoms with Crippen LogP contribution in [0.4, 0.5) is 0 Å². The van der Waals surface area contributed by atoms with Crippen LogP contribution in [0.3, 0.4) is 0 Å². The average Bonchev–Trinajstić information content (AvgIpc) is 3.35. The molecule has 9 nitrogen and oxygen atoms in total. The molecule has 0 unspecified atom stereocenters. The summed E-state index contributed by atoms with van der Waals surface area (Å²) in [6.45, 7) is 0. The highest BCUT2D eigenvalue weighted by Crippen LogP contribution is 2.40. The maximum Gasteiger partial charge on any atom is 0.331 e. The molecule has 0 bridgehead atoms. The van der Waals surface area contributed by atoms with Crippen LogP contribution in [0.2, 0.25) is 0 Å². The van der Waals surface area contributed by atoms with Crippen molar-refractivity contribution < 1.29 is 14.2 Å². The molecule has 0 spiro atoms. The zero-order chi connectivity index (χ0) is 27.4. The summed E-state index contributed by atoms with van der Waals surface area (Å²) in [6.07, 6.45) is 0. The SMILES string of the molecule is COc1ccc(-c2c3c(=O)n(C)c(=O)n(C)c3c3c(-c4ccc(OC)c(OC)c4)nc4ccccc4n23)cc1. The van der Waals surface area contributed by atoms with Crippen molar-refractivity contribution in [2.24, 2.45) is 14.1 Å². The fourth-order valence-corrected chi connectivity index (χ4v) is 5.25. The summed E-state index contributed by atoms with van der Waals surface area (Å²) in [7, 11) is 7.94. The minimum absolute atomic E-state index is 0.384. The van der Waals surface area contributed by atoms with Gasteiger partial charge in [-0.05, 0) is 60.2 Å². The van der Waals surface area contributed by atoms with Crippen LogP contribution in [0.15, 0.2) is 76.3 Å². The van der Waals surface area contributed by atoms with Crippen LogP contribution >= 0.6 is 0 Å². The van der Waals surface area contributed by atoms with Gasteiger partial charge in [-0.1, -0.05) is 12.1 Å². The smallest absolute Gasteiger partial charge is 0.331 e. The Bertz CT molecular complexity index is 2030. The molecule has 3 aromatic carbocycles. The highest BCUT2D eigenvalue weighted by atomic mass is 16.5. The lowest BCUT2D eigenvalue weighted by molar-refractivity contribution is 0.355. The van der Waals surface area contributed by atoms with Gasteiger partial charge in [-0.15, -0.1) is 0 Å². The number of hydrogen-bond donors (Lipinski definition) is 0. The van der Waals surface area contributed by atoms with E-state index in [4.69, 9.17) is 19.2 Å². The van der Waals surface area contributed by atoms with E-state index < -0.39 is 5.69 Å². The summed E-state index contributed by atoms with van der Waals surface area (Å²) < 4.78 is 21.1. The zero-order valence-corrected chi connectivity index (χ0v) is 22.2. The van der Waals surface area contributed by atoms with E-state index in [9.17, 15) is 9.59 Å². The van der Waals surface area contributed by atoms with E-state index in [0.29, 0.717) is 45.1 Å². The van der Waals surface area contributed by atoms with E-state index in [-0.39, 0.29) is 5.56 Å². The van der Waals surface area contributed by atoms with Crippen LogP contribution in [0, 0.1) is 0 Å². The number of ether oxygens (including phenoxy) is 3. The highest BCUT2D eigenvalue weighted by molar-refractivity contribution is 6.11. The van der Waals surface area contributed by atoms with Gasteiger partial charge in [0.25, 0.3) is 5.56 Å². The molecule has 6 rings (SSSR count). The molecule has 0 amide bonds. The van der Waals surface area contributed by atoms with Crippen LogP contribution in [0.5, 0.6) is 17.2 Å². The lowest BCUT2D eigenvalue weighted by atomic mass is 10.1. The Labute approximate surface area is 223 Å². The first-order valence-electron chi connectivity index (χ1n) is 12.3. The molecule has 6 aromatic rings. The minimum atomic E-state index is -0.423. The van der Waals surface area contributed by atoms with Gasteiger partial charge in [-0.25, -0.2) is 9.78 Å². The lowest BCUT2D eigenvalue weighted by Crippen LogP contribution is -2.36. The van der Waals surface area contributed by atoms with E-state index in [1.807, 2.05) is 71.1 Å². The number of rotatable bonds is 5. The second-order valence-electron chi connectivity index (χ2n) is 9.21. The summed E-state index contributed by atoms with van der Waals surface area (Å²) in [5, 5.41) is 0.421. The zero-order valence-electron chi connectivity index (χ0n) is 22.2. The van der Waals surface area contributed by atoms with Gasteiger partial charge in [0.05, 0.1) is 60.2 Å². The van der Waals surface area contributed by atoms with E-state index in [0.717, 1.165) is 26.7 Å². The minimum Gasteiger partial charge on any atom is -0.497 e. The van der Waals surface area contributed by atoms with Crippen LogP contribution in [-0.2, 0) is 14.1 Å². The van der Waals surface area contributed by atoms with E-state index >= 15 is 0 Å². The first-order chi connectivity index (χ1) is 18.9. The summed E-state index contributed by atoms with van der Waals surface area (Å²) in [6, 6.07) is 20.8. The molecule has 196 valence electrons. The normalized spacial score (nSPS) is 11.4. The Morgan fingerprint density at radius 3 is 2.10 bits per heavy atom. The van der Waals surface area contributed by atoms with E-state index in [1.165, 1.54) is 11.6 Å². The van der Waals surface area contributed by atoms with Crippen LogP contribution < -0.4 is 25.5 Å². The predicted octanol–water partition coefficient (Wildman–Crippen LogP) is 4.40. The fourth-order valence-electron chi connectivity index (χ4n) is 5.25. The van der Waals surface area contributed by atoms with Gasteiger partial charge in [0.1, 0.15) is 5.75 Å². The van der Waals surface area contributed by atoms with Crippen LogP contribution in [-0.4, -0.2) is 39.8 Å². The number of benzene rings is 3. The van der Waals surface area contributed by atoms with Crippen molar-refractivity contribution in [1.29, 1.82) is 0 Å². The molecule has 39 heavy (non-hydrogen) atoms. The Morgan fingerprint density at radius 2 is 1.41 bits per heavy atom. The standard InChI is InChI=1S/C30H26N4O5/c1-32-27-24(29(35)33(2)30(32)36)26(17-10-13-19(37-3)14-11-17)34-21-9-7-6-8-20(21)31-25(28(27)34)18-12-15-22(38-4)23(16-18)39-5/h6-16H,1-5H3. The molecule has 0 saturated heterocycles. The molecule has 0 aliphatic carbocycles. The molecule has 0 aliphatic rings. The summed E-state index contributed by atoms with van der Waals surface area (Å²) in [4.78, 5) is 32.1. The maximum absolute atomic E-state index is 13.8. The summed E-state index contributed by atoms with van der Waals surface area (Å²) in [5.41, 5.74) is 4.67. The number of fused-ring (bicyclic) bond motifs is 5. The fraction of sp³-hybridized carbons (Fsp3) is 0.167. The summed E-state index contributed by atoms with van der Waals surface area (Å²) in [5.74, 6) is 1.82. The quantitative estimate of drug-likeness (QED) is 0.334. The van der Waals surface area contributed by atoms with Gasteiger partial charge in [0.15, 0.2) is 11.5 Å². The van der Waals surface area contributed by atoms with Crippen molar-refractivity contribution >= 4 is 27.5 Å². The molecular weight excluding hydrogens is 496 g/mol. The van der Waals surface area contributed by atoms with Crippen molar-refractivity contribution in [3.63, 3.8) is 0 Å². The van der Waals surface area contributed by atoms with Crippen molar-refractivity contribution in [2.75, 3.05) is 21.3 Å². The summed E-state index contributed by atoms with van der Waals surface area (Å²) >= 11 is 0. The Balaban J connectivity index is 1.91. The molecule has 0 atom stereocenters.